The van der Waals surface area contributed by atoms with Crippen molar-refractivity contribution in [3.8, 4) is 10.6 Å². The van der Waals surface area contributed by atoms with Gasteiger partial charge in [0.1, 0.15) is 0 Å². The maximum Gasteiger partial charge on any atom is 0.337 e. The van der Waals surface area contributed by atoms with Gasteiger partial charge >= 0.3 is 5.97 Å². The number of methoxy groups -OCH3 is 1. The minimum atomic E-state index is -0.421. The average molecular weight is 372 g/mol. The lowest BCUT2D eigenvalue weighted by atomic mass is 10.1. The summed E-state index contributed by atoms with van der Waals surface area (Å²) in [5.41, 5.74) is 1.89. The van der Waals surface area contributed by atoms with Gasteiger partial charge in [-0.3, -0.25) is 4.79 Å². The second-order valence-electron chi connectivity index (χ2n) is 5.27. The van der Waals surface area contributed by atoms with Crippen molar-refractivity contribution in [1.29, 1.82) is 0 Å². The molecule has 1 aromatic carbocycles. The molecule has 3 rings (SSSR count). The molecule has 25 heavy (non-hydrogen) atoms. The van der Waals surface area contributed by atoms with Gasteiger partial charge in [0.2, 0.25) is 0 Å². The lowest BCUT2D eigenvalue weighted by Gasteiger charge is -2.04. The van der Waals surface area contributed by atoms with E-state index in [1.807, 2.05) is 24.4 Å². The summed E-state index contributed by atoms with van der Waals surface area (Å²) in [5, 5.41) is 5.96. The topological polar surface area (TPSA) is 68.3 Å². The average Bonchev–Trinajstić information content (AvgIpc) is 3.28. The van der Waals surface area contributed by atoms with Crippen LogP contribution < -0.4 is 5.32 Å². The van der Waals surface area contributed by atoms with Crippen LogP contribution in [0.3, 0.4) is 0 Å². The molecular weight excluding hydrogens is 356 g/mol. The van der Waals surface area contributed by atoms with Crippen molar-refractivity contribution in [2.75, 3.05) is 7.11 Å². The molecule has 2 aromatic heterocycles. The molecule has 7 heteroatoms. The van der Waals surface area contributed by atoms with Gasteiger partial charge in [0.05, 0.1) is 34.8 Å². The fourth-order valence-corrected chi connectivity index (χ4v) is 3.83. The van der Waals surface area contributed by atoms with Crippen molar-refractivity contribution in [1.82, 2.24) is 10.3 Å². The normalized spacial score (nSPS) is 10.5. The molecule has 0 radical (unpaired) electrons. The third-order valence-corrected chi connectivity index (χ3v) is 5.41. The fourth-order valence-electron chi connectivity index (χ4n) is 2.23. The van der Waals surface area contributed by atoms with Gasteiger partial charge in [-0.2, -0.15) is 0 Å². The van der Waals surface area contributed by atoms with E-state index in [4.69, 9.17) is 0 Å². The number of aromatic nitrogens is 1. The first-order valence-electron chi connectivity index (χ1n) is 7.54. The second-order valence-corrected chi connectivity index (χ2v) is 7.50. The number of amides is 1. The molecule has 0 spiro atoms. The highest BCUT2D eigenvalue weighted by atomic mass is 32.1. The largest absolute Gasteiger partial charge is 0.465 e. The molecule has 3 aromatic rings. The summed E-state index contributed by atoms with van der Waals surface area (Å²) < 4.78 is 4.64. The first kappa shape index (κ1) is 17.3. The quantitative estimate of drug-likeness (QED) is 0.690. The number of thiophene rings is 1. The van der Waals surface area contributed by atoms with Gasteiger partial charge in [0, 0.05) is 15.8 Å². The van der Waals surface area contributed by atoms with Gasteiger partial charge in [-0.05, 0) is 43.3 Å². The number of rotatable bonds is 5. The predicted octanol–water partition coefficient (Wildman–Crippen LogP) is 3.90. The van der Waals surface area contributed by atoms with E-state index in [0.717, 1.165) is 20.5 Å². The van der Waals surface area contributed by atoms with E-state index >= 15 is 0 Å². The van der Waals surface area contributed by atoms with Gasteiger partial charge in [-0.15, -0.1) is 22.7 Å². The molecule has 0 aliphatic carbocycles. The summed E-state index contributed by atoms with van der Waals surface area (Å²) in [5.74, 6) is -0.605. The van der Waals surface area contributed by atoms with E-state index in [2.05, 4.69) is 15.0 Å². The first-order chi connectivity index (χ1) is 12.1. The molecule has 2 heterocycles. The summed E-state index contributed by atoms with van der Waals surface area (Å²) in [7, 11) is 1.32. The minimum Gasteiger partial charge on any atom is -0.465 e. The van der Waals surface area contributed by atoms with Crippen LogP contribution in [0.4, 0.5) is 0 Å². The summed E-state index contributed by atoms with van der Waals surface area (Å²) in [6.45, 7) is 2.43. The van der Waals surface area contributed by atoms with Gasteiger partial charge < -0.3 is 10.1 Å². The molecule has 0 atom stereocenters. The maximum absolute atomic E-state index is 12.2. The monoisotopic (exact) mass is 372 g/mol. The number of thiazole rings is 1. The summed E-state index contributed by atoms with van der Waals surface area (Å²) in [6, 6.07) is 10.4. The summed E-state index contributed by atoms with van der Waals surface area (Å²) in [4.78, 5) is 30.2. The molecule has 0 fully saturated rings. The van der Waals surface area contributed by atoms with Gasteiger partial charge in [0.25, 0.3) is 5.91 Å². The van der Waals surface area contributed by atoms with Crippen LogP contribution in [0, 0.1) is 6.92 Å². The van der Waals surface area contributed by atoms with Crippen LogP contribution in [0.15, 0.2) is 41.8 Å². The fraction of sp³-hybridized carbons (Fsp3) is 0.167. The van der Waals surface area contributed by atoms with Crippen LogP contribution in [-0.2, 0) is 11.3 Å². The lowest BCUT2D eigenvalue weighted by Crippen LogP contribution is -2.22. The zero-order chi connectivity index (χ0) is 17.8. The predicted molar refractivity (Wildman–Crippen MR) is 99.1 cm³/mol. The number of hydrogen-bond donors (Lipinski definition) is 1. The van der Waals surface area contributed by atoms with Crippen LogP contribution in [0.25, 0.3) is 10.6 Å². The molecular formula is C18H16N2O3S2. The molecule has 0 aliphatic rings. The SMILES string of the molecule is COC(=O)c1ccc(C(=O)NCc2ccc(-c3csc(C)n3)s2)cc1. The molecule has 0 bridgehead atoms. The van der Waals surface area contributed by atoms with Crippen LogP contribution in [0.1, 0.15) is 30.6 Å². The van der Waals surface area contributed by atoms with E-state index in [1.165, 1.54) is 7.11 Å². The standard InChI is InChI=1S/C18H16N2O3S2/c1-11-20-15(10-24-11)16-8-7-14(25-16)9-19-17(21)12-3-5-13(6-4-12)18(22)23-2/h3-8,10H,9H2,1-2H3,(H,19,21). The Bertz CT molecular complexity index is 897. The number of nitrogens with zero attached hydrogens (tertiary/aromatic N) is 1. The Hall–Kier alpha value is -2.51. The highest BCUT2D eigenvalue weighted by molar-refractivity contribution is 7.16. The number of hydrogen-bond acceptors (Lipinski definition) is 6. The zero-order valence-electron chi connectivity index (χ0n) is 13.7. The number of nitrogens with one attached hydrogen (secondary N) is 1. The van der Waals surface area contributed by atoms with Crippen molar-refractivity contribution in [2.24, 2.45) is 0 Å². The lowest BCUT2D eigenvalue weighted by molar-refractivity contribution is 0.0600. The van der Waals surface area contributed by atoms with Crippen LogP contribution in [0.2, 0.25) is 0 Å². The van der Waals surface area contributed by atoms with Crippen LogP contribution in [0.5, 0.6) is 0 Å². The Morgan fingerprint density at radius 2 is 1.84 bits per heavy atom. The van der Waals surface area contributed by atoms with Crippen molar-refractivity contribution < 1.29 is 14.3 Å². The highest BCUT2D eigenvalue weighted by Gasteiger charge is 2.10. The number of aryl methyl sites for hydroxylation is 1. The van der Waals surface area contributed by atoms with Crippen LogP contribution >= 0.6 is 22.7 Å². The Balaban J connectivity index is 1.61. The number of carbonyl (C=O) groups is 2. The third-order valence-electron chi connectivity index (χ3n) is 3.52. The van der Waals surface area contributed by atoms with E-state index in [0.29, 0.717) is 17.7 Å². The molecule has 5 nitrogen and oxygen atoms in total. The maximum atomic E-state index is 12.2. The van der Waals surface area contributed by atoms with E-state index in [1.54, 1.807) is 46.9 Å². The van der Waals surface area contributed by atoms with Crippen molar-refractivity contribution in [3.63, 3.8) is 0 Å². The van der Waals surface area contributed by atoms with E-state index < -0.39 is 5.97 Å². The van der Waals surface area contributed by atoms with Gasteiger partial charge in [-0.1, -0.05) is 0 Å². The highest BCUT2D eigenvalue weighted by Crippen LogP contribution is 2.28. The number of benzene rings is 1. The van der Waals surface area contributed by atoms with E-state index in [9.17, 15) is 9.59 Å². The van der Waals surface area contributed by atoms with E-state index in [-0.39, 0.29) is 5.91 Å². The Labute approximate surface area is 153 Å². The Morgan fingerprint density at radius 1 is 1.12 bits per heavy atom. The zero-order valence-corrected chi connectivity index (χ0v) is 15.4. The molecule has 0 saturated heterocycles. The van der Waals surface area contributed by atoms with Crippen molar-refractivity contribution in [3.05, 3.63) is 62.8 Å². The molecule has 0 aliphatic heterocycles. The third kappa shape index (κ3) is 4.12. The molecule has 0 unspecified atom stereocenters. The Kier molecular flexibility index (Phi) is 5.25. The van der Waals surface area contributed by atoms with Crippen molar-refractivity contribution in [2.45, 2.75) is 13.5 Å². The molecule has 128 valence electrons. The minimum absolute atomic E-state index is 0.184. The Morgan fingerprint density at radius 3 is 2.48 bits per heavy atom. The molecule has 1 N–H and O–H groups in total. The van der Waals surface area contributed by atoms with Gasteiger partial charge in [-0.25, -0.2) is 9.78 Å². The second kappa shape index (κ2) is 7.58. The number of carbonyl (C=O) groups excluding carboxylic acids is 2. The summed E-state index contributed by atoms with van der Waals surface area (Å²) >= 11 is 3.24. The van der Waals surface area contributed by atoms with Crippen LogP contribution in [-0.4, -0.2) is 24.0 Å². The molecule has 1 amide bonds. The number of esters is 1. The van der Waals surface area contributed by atoms with Crippen molar-refractivity contribution >= 4 is 34.6 Å². The van der Waals surface area contributed by atoms with Gasteiger partial charge in [0.15, 0.2) is 0 Å². The molecule has 0 saturated carbocycles. The smallest absolute Gasteiger partial charge is 0.337 e. The summed E-state index contributed by atoms with van der Waals surface area (Å²) in [6.07, 6.45) is 0. The first-order valence-corrected chi connectivity index (χ1v) is 9.24. The number of ether oxygens (including phenoxy) is 1.